The van der Waals surface area contributed by atoms with Crippen LogP contribution in [0.4, 0.5) is 0 Å². The molecule has 0 amide bonds. The first-order valence-corrected chi connectivity index (χ1v) is 31.2. The number of quaternary nitrogens is 1. The molecule has 412 valence electrons. The van der Waals surface area contributed by atoms with Gasteiger partial charge in [-0.05, 0) is 70.6 Å². The monoisotopic (exact) mass is 1010 g/mol. The van der Waals surface area contributed by atoms with Crippen LogP contribution in [0.3, 0.4) is 0 Å². The van der Waals surface area contributed by atoms with Gasteiger partial charge in [0.05, 0.1) is 27.7 Å². The molecule has 0 fully saturated rings. The van der Waals surface area contributed by atoms with Gasteiger partial charge in [0.1, 0.15) is 19.8 Å². The van der Waals surface area contributed by atoms with Gasteiger partial charge in [0.2, 0.25) is 0 Å². The Balaban J connectivity index is 4.14. The molecule has 0 aromatic heterocycles. The molecule has 0 spiro atoms. The Morgan fingerprint density at radius 3 is 1.14 bits per heavy atom. The second-order valence-corrected chi connectivity index (χ2v) is 22.8. The highest BCUT2D eigenvalue weighted by atomic mass is 31.2. The third-order valence-corrected chi connectivity index (χ3v) is 14.1. The van der Waals surface area contributed by atoms with Gasteiger partial charge in [-0.2, -0.15) is 0 Å². The zero-order chi connectivity index (χ0) is 51.3. The Labute approximate surface area is 433 Å². The first kappa shape index (κ1) is 68.2. The predicted molar refractivity (Wildman–Crippen MR) is 298 cm³/mol. The fraction of sp³-hybridized carbons (Fsp3) is 0.867. The Kier molecular flexibility index (Phi) is 50.8. The number of phosphoric ester groups is 1. The summed E-state index contributed by atoms with van der Waals surface area (Å²) in [7, 11) is 1.48. The molecule has 0 aliphatic carbocycles. The average molecular weight is 1010 g/mol. The minimum absolute atomic E-state index is 0.0322. The van der Waals surface area contributed by atoms with Gasteiger partial charge in [-0.25, -0.2) is 4.57 Å². The Morgan fingerprint density at radius 1 is 0.443 bits per heavy atom. The molecule has 0 aromatic carbocycles. The topological polar surface area (TPSA) is 108 Å². The lowest BCUT2D eigenvalue weighted by atomic mass is 10.0. The number of phosphoric acid groups is 1. The van der Waals surface area contributed by atoms with Gasteiger partial charge in [0.15, 0.2) is 6.10 Å². The molecule has 0 saturated heterocycles. The number of ether oxygens (including phenoxy) is 2. The highest BCUT2D eigenvalue weighted by molar-refractivity contribution is 7.47. The number of allylic oxidation sites excluding steroid dienone is 6. The molecular weight excluding hydrogens is 894 g/mol. The maximum atomic E-state index is 12.8. The summed E-state index contributed by atoms with van der Waals surface area (Å²) in [4.78, 5) is 35.7. The van der Waals surface area contributed by atoms with E-state index in [-0.39, 0.29) is 32.0 Å². The summed E-state index contributed by atoms with van der Waals surface area (Å²) in [6.07, 6.45) is 63.5. The molecule has 9 nitrogen and oxygen atoms in total. The van der Waals surface area contributed by atoms with Crippen molar-refractivity contribution >= 4 is 19.8 Å². The number of carbonyl (C=O) groups excluding carboxylic acids is 2. The van der Waals surface area contributed by atoms with Crippen LogP contribution in [0.1, 0.15) is 284 Å². The number of hydrogen-bond acceptors (Lipinski definition) is 7. The van der Waals surface area contributed by atoms with E-state index in [0.29, 0.717) is 17.4 Å². The smallest absolute Gasteiger partial charge is 0.462 e. The Morgan fingerprint density at radius 2 is 0.771 bits per heavy atom. The molecule has 2 unspecified atom stereocenters. The first-order valence-electron chi connectivity index (χ1n) is 29.7. The number of carbonyl (C=O) groups is 2. The third kappa shape index (κ3) is 55.5. The van der Waals surface area contributed by atoms with Crippen LogP contribution >= 0.6 is 7.82 Å². The lowest BCUT2D eigenvalue weighted by Crippen LogP contribution is -2.37. The van der Waals surface area contributed by atoms with E-state index >= 15 is 0 Å². The number of unbranched alkanes of at least 4 members (excludes halogenated alkanes) is 35. The molecule has 0 aliphatic heterocycles. The van der Waals surface area contributed by atoms with Crippen LogP contribution in [0, 0.1) is 0 Å². The van der Waals surface area contributed by atoms with Crippen LogP contribution in [0.15, 0.2) is 36.5 Å². The average Bonchev–Trinajstić information content (AvgIpc) is 3.32. The lowest BCUT2D eigenvalue weighted by Gasteiger charge is -2.24. The minimum Gasteiger partial charge on any atom is -0.462 e. The van der Waals surface area contributed by atoms with Crippen molar-refractivity contribution < 1.29 is 42.1 Å². The minimum atomic E-state index is -4.39. The maximum absolute atomic E-state index is 12.8. The van der Waals surface area contributed by atoms with Crippen molar-refractivity contribution in [3.63, 3.8) is 0 Å². The second kappa shape index (κ2) is 52.1. The fourth-order valence-electron chi connectivity index (χ4n) is 8.51. The number of nitrogens with zero attached hydrogens (tertiary/aromatic N) is 1. The predicted octanol–water partition coefficient (Wildman–Crippen LogP) is 18.4. The molecule has 10 heteroatoms. The number of likely N-dealkylation sites (N-methyl/N-ethyl adjacent to an activating group) is 1. The molecule has 0 heterocycles. The van der Waals surface area contributed by atoms with Crippen LogP contribution in [0.25, 0.3) is 0 Å². The van der Waals surface area contributed by atoms with Gasteiger partial charge < -0.3 is 18.9 Å². The van der Waals surface area contributed by atoms with Crippen molar-refractivity contribution in [2.45, 2.75) is 290 Å². The van der Waals surface area contributed by atoms with E-state index in [1.807, 2.05) is 21.1 Å². The zero-order valence-corrected chi connectivity index (χ0v) is 47.7. The van der Waals surface area contributed by atoms with Gasteiger partial charge in [0, 0.05) is 12.8 Å². The molecule has 0 radical (unpaired) electrons. The van der Waals surface area contributed by atoms with Crippen molar-refractivity contribution in [2.75, 3.05) is 47.5 Å². The quantitative estimate of drug-likeness (QED) is 0.0211. The summed E-state index contributed by atoms with van der Waals surface area (Å²) in [6.45, 7) is 4.46. The fourth-order valence-corrected chi connectivity index (χ4v) is 9.25. The highest BCUT2D eigenvalue weighted by Gasteiger charge is 2.27. The Hall–Kier alpha value is -1.77. The summed E-state index contributed by atoms with van der Waals surface area (Å²) in [5, 5.41) is 0. The van der Waals surface area contributed by atoms with E-state index in [4.69, 9.17) is 18.5 Å². The third-order valence-electron chi connectivity index (χ3n) is 13.1. The normalized spacial score (nSPS) is 13.5. The summed E-state index contributed by atoms with van der Waals surface area (Å²) in [5.74, 6) is -0.789. The number of hydrogen-bond donors (Lipinski definition) is 1. The van der Waals surface area contributed by atoms with Gasteiger partial charge in [-0.1, -0.05) is 237 Å². The summed E-state index contributed by atoms with van der Waals surface area (Å²) in [6, 6.07) is 0. The van der Waals surface area contributed by atoms with Crippen molar-refractivity contribution in [1.82, 2.24) is 0 Å². The van der Waals surface area contributed by atoms with Crippen LogP contribution in [-0.4, -0.2) is 74.9 Å². The van der Waals surface area contributed by atoms with E-state index in [2.05, 4.69) is 50.3 Å². The van der Waals surface area contributed by atoms with E-state index in [1.54, 1.807) is 0 Å². The van der Waals surface area contributed by atoms with Crippen LogP contribution in [-0.2, 0) is 32.7 Å². The molecular formula is C60H115NO8P+. The van der Waals surface area contributed by atoms with Crippen LogP contribution < -0.4 is 0 Å². The molecule has 70 heavy (non-hydrogen) atoms. The van der Waals surface area contributed by atoms with Crippen molar-refractivity contribution in [3.05, 3.63) is 36.5 Å². The number of rotatable bonds is 55. The highest BCUT2D eigenvalue weighted by Crippen LogP contribution is 2.43. The molecule has 0 bridgehead atoms. The van der Waals surface area contributed by atoms with Crippen molar-refractivity contribution in [3.8, 4) is 0 Å². The standard InChI is InChI=1S/C60H114NO8P/c1-6-8-10-12-14-16-18-20-22-24-26-28-30-32-34-36-38-40-42-44-46-48-50-52-59(62)66-56-58(57-68-70(64,65)67-55-54-61(3,4)5)69-60(63)53-51-49-47-45-43-41-39-37-35-33-31-29-27-25-23-21-19-17-15-13-11-9-7-2/h19,21,24-27,58H,6-18,20,22-23,28-57H2,1-5H3/p+1/b21-19-,26-24-,27-25-. The van der Waals surface area contributed by atoms with Crippen LogP contribution in [0.2, 0.25) is 0 Å². The first-order chi connectivity index (χ1) is 34.0. The van der Waals surface area contributed by atoms with Gasteiger partial charge in [0.25, 0.3) is 0 Å². The van der Waals surface area contributed by atoms with E-state index in [9.17, 15) is 19.0 Å². The Bertz CT molecular complexity index is 1280. The van der Waals surface area contributed by atoms with Crippen molar-refractivity contribution in [1.29, 1.82) is 0 Å². The maximum Gasteiger partial charge on any atom is 0.472 e. The molecule has 0 aliphatic rings. The largest absolute Gasteiger partial charge is 0.472 e. The molecule has 0 saturated carbocycles. The van der Waals surface area contributed by atoms with Gasteiger partial charge in [-0.3, -0.25) is 18.6 Å². The SMILES string of the molecule is CCCCCCC/C=C\C/C=C\CCCCCCCCCCCCCC(=O)OC(COC(=O)CCCCCCCCCCCCC/C=C\CCCCCCCCCC)COP(=O)(O)OCC[N+](C)(C)C. The van der Waals surface area contributed by atoms with Gasteiger partial charge >= 0.3 is 19.8 Å². The van der Waals surface area contributed by atoms with Gasteiger partial charge in [-0.15, -0.1) is 0 Å². The molecule has 2 atom stereocenters. The summed E-state index contributed by atoms with van der Waals surface area (Å²) in [5.41, 5.74) is 0. The molecule has 1 N–H and O–H groups in total. The van der Waals surface area contributed by atoms with Crippen molar-refractivity contribution in [2.24, 2.45) is 0 Å². The van der Waals surface area contributed by atoms with E-state index < -0.39 is 26.5 Å². The second-order valence-electron chi connectivity index (χ2n) is 21.4. The lowest BCUT2D eigenvalue weighted by molar-refractivity contribution is -0.870. The molecule has 0 aromatic rings. The summed E-state index contributed by atoms with van der Waals surface area (Å²) < 4.78 is 34.6. The zero-order valence-electron chi connectivity index (χ0n) is 46.8. The van der Waals surface area contributed by atoms with E-state index in [0.717, 1.165) is 44.9 Å². The van der Waals surface area contributed by atoms with Crippen LogP contribution in [0.5, 0.6) is 0 Å². The molecule has 0 rings (SSSR count). The summed E-state index contributed by atoms with van der Waals surface area (Å²) >= 11 is 0. The number of esters is 2. The van der Waals surface area contributed by atoms with E-state index in [1.165, 1.54) is 205 Å².